The van der Waals surface area contributed by atoms with Crippen LogP contribution in [0.4, 0.5) is 4.79 Å². The zero-order valence-electron chi connectivity index (χ0n) is 10.2. The number of carbonyl (C=O) groups is 1. The van der Waals surface area contributed by atoms with Crippen molar-refractivity contribution in [3.8, 4) is 0 Å². The van der Waals surface area contributed by atoms with Gasteiger partial charge in [0.2, 0.25) is 0 Å². The Morgan fingerprint density at radius 1 is 1.25 bits per heavy atom. The van der Waals surface area contributed by atoms with Crippen LogP contribution in [-0.4, -0.2) is 30.9 Å². The average Bonchev–Trinajstić information content (AvgIpc) is 2.11. The van der Waals surface area contributed by atoms with E-state index in [0.29, 0.717) is 0 Å². The van der Waals surface area contributed by atoms with Gasteiger partial charge in [-0.05, 0) is 27.7 Å². The van der Waals surface area contributed by atoms with E-state index >= 15 is 0 Å². The van der Waals surface area contributed by atoms with Gasteiger partial charge in [0, 0.05) is 13.1 Å². The maximum absolute atomic E-state index is 12.1. The molecule has 0 fully saturated rings. The Hall–Kier alpha value is -0.420. The summed E-state index contributed by atoms with van der Waals surface area (Å²) < 4.78 is 22.3. The Kier molecular flexibility index (Phi) is 6.83. The summed E-state index contributed by atoms with van der Waals surface area (Å²) in [6.07, 6.45) is -0.707. The minimum atomic E-state index is -3.76. The van der Waals surface area contributed by atoms with Crippen molar-refractivity contribution in [2.75, 3.05) is 13.1 Å². The van der Waals surface area contributed by atoms with Crippen molar-refractivity contribution in [1.82, 2.24) is 5.32 Å². The van der Waals surface area contributed by atoms with Crippen molar-refractivity contribution in [3.63, 3.8) is 0 Å². The lowest BCUT2D eigenvalue weighted by molar-refractivity contribution is 0.143. The smallest absolute Gasteiger partial charge is 0.344 e. The molecule has 96 valence electrons. The molecule has 0 bridgehead atoms. The molecule has 0 saturated carbocycles. The summed E-state index contributed by atoms with van der Waals surface area (Å²) in [5, 5.41) is 2.41. The quantitative estimate of drug-likeness (QED) is 0.673. The van der Waals surface area contributed by atoms with Crippen molar-refractivity contribution in [1.29, 1.82) is 0 Å². The Labute approximate surface area is 96.4 Å². The van der Waals surface area contributed by atoms with Crippen LogP contribution in [0.1, 0.15) is 27.7 Å². The summed E-state index contributed by atoms with van der Waals surface area (Å²) in [4.78, 5) is 11.6. The van der Waals surface area contributed by atoms with Crippen LogP contribution < -0.4 is 11.1 Å². The fourth-order valence-electron chi connectivity index (χ4n) is 0.952. The standard InChI is InChI=1S/C9H21N2O4P/c1-7(2)14-16(13,15-8(3)4)9(12)11-6-5-10/h7-8H,5-6,10H2,1-4H3,(H,11,12). The first kappa shape index (κ1) is 15.6. The number of nitrogens with one attached hydrogen (secondary N) is 1. The highest BCUT2D eigenvalue weighted by Gasteiger charge is 2.36. The summed E-state index contributed by atoms with van der Waals surface area (Å²) in [6, 6.07) is 0. The zero-order valence-corrected chi connectivity index (χ0v) is 11.1. The van der Waals surface area contributed by atoms with Gasteiger partial charge in [-0.2, -0.15) is 0 Å². The monoisotopic (exact) mass is 252 g/mol. The highest BCUT2D eigenvalue weighted by atomic mass is 31.2. The van der Waals surface area contributed by atoms with E-state index in [0.717, 1.165) is 0 Å². The molecule has 16 heavy (non-hydrogen) atoms. The maximum atomic E-state index is 12.1. The molecule has 0 atom stereocenters. The van der Waals surface area contributed by atoms with E-state index in [4.69, 9.17) is 14.8 Å². The van der Waals surface area contributed by atoms with Gasteiger partial charge in [0.1, 0.15) is 0 Å². The fraction of sp³-hybridized carbons (Fsp3) is 0.889. The molecule has 0 saturated heterocycles. The summed E-state index contributed by atoms with van der Waals surface area (Å²) in [7, 11) is -3.76. The predicted octanol–water partition coefficient (Wildman–Crippen LogP) is 1.70. The van der Waals surface area contributed by atoms with Crippen molar-refractivity contribution < 1.29 is 18.4 Å². The second-order valence-corrected chi connectivity index (χ2v) is 5.65. The van der Waals surface area contributed by atoms with Gasteiger partial charge in [0.05, 0.1) is 12.2 Å². The molecule has 0 spiro atoms. The Morgan fingerprint density at radius 3 is 2.00 bits per heavy atom. The molecule has 6 nitrogen and oxygen atoms in total. The molecule has 0 unspecified atom stereocenters. The van der Waals surface area contributed by atoms with Crippen LogP contribution in [0.5, 0.6) is 0 Å². The summed E-state index contributed by atoms with van der Waals surface area (Å²) in [5.74, 6) is 0. The molecular formula is C9H21N2O4P. The highest BCUT2D eigenvalue weighted by molar-refractivity contribution is 7.71. The number of nitrogens with two attached hydrogens (primary N) is 1. The molecule has 0 heterocycles. The third-order valence-corrected chi connectivity index (χ3v) is 3.42. The summed E-state index contributed by atoms with van der Waals surface area (Å²) in [5.41, 5.74) is 4.50. The molecule has 0 aromatic carbocycles. The van der Waals surface area contributed by atoms with Crippen molar-refractivity contribution in [2.45, 2.75) is 39.9 Å². The molecule has 0 aliphatic rings. The van der Waals surface area contributed by atoms with Gasteiger partial charge in [-0.25, -0.2) is 4.57 Å². The van der Waals surface area contributed by atoms with Crippen LogP contribution >= 0.6 is 7.60 Å². The molecule has 0 aromatic heterocycles. The molecule has 3 N–H and O–H groups in total. The lowest BCUT2D eigenvalue weighted by atomic mass is 10.5. The van der Waals surface area contributed by atoms with E-state index in [9.17, 15) is 9.36 Å². The number of carbonyl (C=O) groups excluding carboxylic acids is 1. The van der Waals surface area contributed by atoms with Gasteiger partial charge >= 0.3 is 13.2 Å². The van der Waals surface area contributed by atoms with Gasteiger partial charge < -0.3 is 11.1 Å². The first-order chi connectivity index (χ1) is 7.31. The van der Waals surface area contributed by atoms with E-state index in [1.54, 1.807) is 27.7 Å². The van der Waals surface area contributed by atoms with Gasteiger partial charge in [0.25, 0.3) is 0 Å². The molecule has 0 rings (SSSR count). The Morgan fingerprint density at radius 2 is 1.69 bits per heavy atom. The molecule has 0 aromatic rings. The van der Waals surface area contributed by atoms with Crippen LogP contribution in [0, 0.1) is 0 Å². The van der Waals surface area contributed by atoms with Crippen molar-refractivity contribution >= 4 is 13.2 Å². The Balaban J connectivity index is 4.64. The van der Waals surface area contributed by atoms with Crippen LogP contribution in [-0.2, 0) is 13.6 Å². The predicted molar refractivity (Wildman–Crippen MR) is 62.5 cm³/mol. The van der Waals surface area contributed by atoms with E-state index in [1.807, 2.05) is 0 Å². The minimum absolute atomic E-state index is 0.242. The third kappa shape index (κ3) is 5.61. The second-order valence-electron chi connectivity index (χ2n) is 3.83. The highest BCUT2D eigenvalue weighted by Crippen LogP contribution is 2.50. The van der Waals surface area contributed by atoms with Gasteiger partial charge in [0.15, 0.2) is 0 Å². The van der Waals surface area contributed by atoms with Crippen LogP contribution in [0.2, 0.25) is 0 Å². The van der Waals surface area contributed by atoms with Crippen LogP contribution in [0.15, 0.2) is 0 Å². The molecule has 0 aliphatic heterocycles. The largest absolute Gasteiger partial charge is 0.418 e. The molecule has 0 radical (unpaired) electrons. The van der Waals surface area contributed by atoms with Crippen LogP contribution in [0.25, 0.3) is 0 Å². The number of amides is 1. The normalized spacial score (nSPS) is 12.2. The van der Waals surface area contributed by atoms with Crippen molar-refractivity contribution in [2.24, 2.45) is 5.73 Å². The SMILES string of the molecule is CC(C)OP(=O)(OC(C)C)C(=O)NCCN. The van der Waals surface area contributed by atoms with Crippen LogP contribution in [0.3, 0.4) is 0 Å². The van der Waals surface area contributed by atoms with Crippen molar-refractivity contribution in [3.05, 3.63) is 0 Å². The van der Waals surface area contributed by atoms with E-state index < -0.39 is 13.2 Å². The van der Waals surface area contributed by atoms with Gasteiger partial charge in [-0.1, -0.05) is 0 Å². The molecule has 1 amide bonds. The zero-order chi connectivity index (χ0) is 12.8. The summed E-state index contributed by atoms with van der Waals surface area (Å²) in [6.45, 7) is 7.26. The second kappa shape index (κ2) is 7.01. The Bertz CT molecular complexity index is 254. The molecule has 0 aliphatic carbocycles. The number of hydrogen-bond acceptors (Lipinski definition) is 5. The number of hydrogen-bond donors (Lipinski definition) is 2. The molecular weight excluding hydrogens is 231 g/mol. The lowest BCUT2D eigenvalue weighted by Gasteiger charge is -2.21. The first-order valence-electron chi connectivity index (χ1n) is 5.27. The van der Waals surface area contributed by atoms with Gasteiger partial charge in [-0.3, -0.25) is 13.8 Å². The van der Waals surface area contributed by atoms with E-state index in [2.05, 4.69) is 5.32 Å². The summed E-state index contributed by atoms with van der Waals surface area (Å²) >= 11 is 0. The topological polar surface area (TPSA) is 90.6 Å². The minimum Gasteiger partial charge on any atom is -0.344 e. The third-order valence-electron chi connectivity index (χ3n) is 1.37. The van der Waals surface area contributed by atoms with E-state index in [1.165, 1.54) is 0 Å². The fourth-order valence-corrected chi connectivity index (χ4v) is 2.61. The maximum Gasteiger partial charge on any atom is 0.418 e. The van der Waals surface area contributed by atoms with E-state index in [-0.39, 0.29) is 25.3 Å². The molecule has 7 heteroatoms. The number of rotatable bonds is 7. The lowest BCUT2D eigenvalue weighted by Crippen LogP contribution is -2.30. The average molecular weight is 252 g/mol. The van der Waals surface area contributed by atoms with Gasteiger partial charge in [-0.15, -0.1) is 0 Å². The first-order valence-corrected chi connectivity index (χ1v) is 6.81.